The van der Waals surface area contributed by atoms with Gasteiger partial charge in [0.25, 0.3) is 5.91 Å². The largest absolute Gasteiger partial charge is 0.497 e. The van der Waals surface area contributed by atoms with Crippen molar-refractivity contribution >= 4 is 17.8 Å². The number of ether oxygens (including phenoxy) is 2. The first-order chi connectivity index (χ1) is 15.1. The molecule has 0 saturated heterocycles. The summed E-state index contributed by atoms with van der Waals surface area (Å²) in [5, 5.41) is 2.84. The van der Waals surface area contributed by atoms with Crippen LogP contribution in [0.1, 0.15) is 21.5 Å². The molecule has 0 heterocycles. The van der Waals surface area contributed by atoms with E-state index in [1.807, 2.05) is 54.6 Å². The summed E-state index contributed by atoms with van der Waals surface area (Å²) >= 11 is 0. The highest BCUT2D eigenvalue weighted by atomic mass is 16.5. The molecule has 3 rings (SSSR count). The van der Waals surface area contributed by atoms with Crippen LogP contribution in [0.5, 0.6) is 11.5 Å². The van der Waals surface area contributed by atoms with Gasteiger partial charge in [0.15, 0.2) is 12.4 Å². The molecule has 0 aliphatic heterocycles. The summed E-state index contributed by atoms with van der Waals surface area (Å²) in [6, 6.07) is 24.1. The third kappa shape index (κ3) is 7.16. The number of amides is 1. The summed E-state index contributed by atoms with van der Waals surface area (Å²) in [5.41, 5.74) is 2.63. The predicted molar refractivity (Wildman–Crippen MR) is 121 cm³/mol. The van der Waals surface area contributed by atoms with Gasteiger partial charge in [0.2, 0.25) is 0 Å². The van der Waals surface area contributed by atoms with Crippen LogP contribution in [0.3, 0.4) is 0 Å². The van der Waals surface area contributed by atoms with Gasteiger partial charge >= 0.3 is 0 Å². The summed E-state index contributed by atoms with van der Waals surface area (Å²) in [6.45, 7) is 0.486. The summed E-state index contributed by atoms with van der Waals surface area (Å²) in [6.07, 6.45) is 4.05. The van der Waals surface area contributed by atoms with Gasteiger partial charge in [0.1, 0.15) is 11.5 Å². The molecule has 5 heteroatoms. The predicted octanol–water partition coefficient (Wildman–Crippen LogP) is 4.33. The zero-order chi connectivity index (χ0) is 21.9. The van der Waals surface area contributed by atoms with Crippen molar-refractivity contribution in [3.8, 4) is 11.5 Å². The van der Waals surface area contributed by atoms with E-state index >= 15 is 0 Å². The quantitative estimate of drug-likeness (QED) is 0.395. The Bertz CT molecular complexity index is 1010. The first-order valence-corrected chi connectivity index (χ1v) is 10.0. The lowest BCUT2D eigenvalue weighted by Crippen LogP contribution is -2.30. The van der Waals surface area contributed by atoms with E-state index in [0.717, 1.165) is 17.7 Å². The molecule has 0 aliphatic carbocycles. The molecule has 0 saturated carbocycles. The second-order valence-corrected chi connectivity index (χ2v) is 6.87. The van der Waals surface area contributed by atoms with Gasteiger partial charge < -0.3 is 14.8 Å². The second kappa shape index (κ2) is 11.4. The van der Waals surface area contributed by atoms with Crippen LogP contribution >= 0.6 is 0 Å². The number of benzene rings is 3. The monoisotopic (exact) mass is 415 g/mol. The number of hydrogen-bond donors (Lipinski definition) is 1. The fourth-order valence-corrected chi connectivity index (χ4v) is 2.89. The van der Waals surface area contributed by atoms with Gasteiger partial charge in [-0.25, -0.2) is 0 Å². The molecule has 1 amide bonds. The van der Waals surface area contributed by atoms with E-state index in [4.69, 9.17) is 9.47 Å². The SMILES string of the molecule is COc1ccc(/C=C/C(=O)c2ccc(OCC(=O)NCCc3ccccc3)cc2)cc1. The molecule has 1 N–H and O–H groups in total. The fraction of sp³-hybridized carbons (Fsp3) is 0.154. The van der Waals surface area contributed by atoms with Crippen molar-refractivity contribution in [2.24, 2.45) is 0 Å². The molecule has 0 bridgehead atoms. The zero-order valence-electron chi connectivity index (χ0n) is 17.4. The molecule has 158 valence electrons. The first kappa shape index (κ1) is 21.8. The molecule has 0 radical (unpaired) electrons. The minimum Gasteiger partial charge on any atom is -0.497 e. The van der Waals surface area contributed by atoms with Crippen LogP contribution in [0.2, 0.25) is 0 Å². The summed E-state index contributed by atoms with van der Waals surface area (Å²) in [5.74, 6) is 1.01. The van der Waals surface area contributed by atoms with E-state index in [2.05, 4.69) is 5.32 Å². The molecule has 0 atom stereocenters. The van der Waals surface area contributed by atoms with Crippen molar-refractivity contribution in [2.45, 2.75) is 6.42 Å². The third-order valence-corrected chi connectivity index (χ3v) is 4.63. The van der Waals surface area contributed by atoms with Crippen LogP contribution in [0.4, 0.5) is 0 Å². The van der Waals surface area contributed by atoms with Crippen LogP contribution in [-0.2, 0) is 11.2 Å². The third-order valence-electron chi connectivity index (χ3n) is 4.63. The molecule has 0 aromatic heterocycles. The lowest BCUT2D eigenvalue weighted by Gasteiger charge is -2.08. The lowest BCUT2D eigenvalue weighted by molar-refractivity contribution is -0.123. The Labute approximate surface area is 182 Å². The van der Waals surface area contributed by atoms with Gasteiger partial charge in [0.05, 0.1) is 7.11 Å². The summed E-state index contributed by atoms with van der Waals surface area (Å²) in [7, 11) is 1.61. The topological polar surface area (TPSA) is 64.6 Å². The van der Waals surface area contributed by atoms with Crippen LogP contribution in [0.15, 0.2) is 84.9 Å². The Hall–Kier alpha value is -3.86. The van der Waals surface area contributed by atoms with E-state index < -0.39 is 0 Å². The molecule has 0 spiro atoms. The van der Waals surface area contributed by atoms with Gasteiger partial charge in [-0.15, -0.1) is 0 Å². The van der Waals surface area contributed by atoms with E-state index in [0.29, 0.717) is 17.9 Å². The highest BCUT2D eigenvalue weighted by molar-refractivity contribution is 6.06. The van der Waals surface area contributed by atoms with Crippen molar-refractivity contribution in [3.05, 3.63) is 102 Å². The van der Waals surface area contributed by atoms with Crippen LogP contribution < -0.4 is 14.8 Å². The lowest BCUT2D eigenvalue weighted by atomic mass is 10.1. The molecule has 0 unspecified atom stereocenters. The first-order valence-electron chi connectivity index (χ1n) is 10.0. The highest BCUT2D eigenvalue weighted by Crippen LogP contribution is 2.15. The molecule has 5 nitrogen and oxygen atoms in total. The van der Waals surface area contributed by atoms with Gasteiger partial charge in [-0.2, -0.15) is 0 Å². The maximum absolute atomic E-state index is 12.3. The van der Waals surface area contributed by atoms with E-state index in [1.54, 1.807) is 37.5 Å². The van der Waals surface area contributed by atoms with Crippen LogP contribution in [0.25, 0.3) is 6.08 Å². The minimum atomic E-state index is -0.182. The molecule has 3 aromatic rings. The Morgan fingerprint density at radius 2 is 1.55 bits per heavy atom. The molecule has 0 fully saturated rings. The smallest absolute Gasteiger partial charge is 0.257 e. The molecule has 3 aromatic carbocycles. The van der Waals surface area contributed by atoms with Crippen molar-refractivity contribution in [1.82, 2.24) is 5.32 Å². The van der Waals surface area contributed by atoms with E-state index in [1.165, 1.54) is 11.6 Å². The van der Waals surface area contributed by atoms with Crippen molar-refractivity contribution < 1.29 is 19.1 Å². The average molecular weight is 415 g/mol. The Kier molecular flexibility index (Phi) is 8.00. The number of allylic oxidation sites excluding steroid dienone is 1. The highest BCUT2D eigenvalue weighted by Gasteiger charge is 2.05. The maximum atomic E-state index is 12.3. The standard InChI is InChI=1S/C26H25NO4/c1-30-23-12-7-21(8-13-23)9-16-25(28)22-10-14-24(15-11-22)31-19-26(29)27-18-17-20-5-3-2-4-6-20/h2-16H,17-19H2,1H3,(H,27,29)/b16-9+. The zero-order valence-corrected chi connectivity index (χ0v) is 17.4. The molecule has 31 heavy (non-hydrogen) atoms. The fourth-order valence-electron chi connectivity index (χ4n) is 2.89. The number of carbonyl (C=O) groups excluding carboxylic acids is 2. The van der Waals surface area contributed by atoms with Gasteiger partial charge in [-0.1, -0.05) is 48.5 Å². The molecular weight excluding hydrogens is 390 g/mol. The number of methoxy groups -OCH3 is 1. The number of ketones is 1. The van der Waals surface area contributed by atoms with Crippen molar-refractivity contribution in [3.63, 3.8) is 0 Å². The van der Waals surface area contributed by atoms with Crippen molar-refractivity contribution in [1.29, 1.82) is 0 Å². The van der Waals surface area contributed by atoms with E-state index in [-0.39, 0.29) is 18.3 Å². The number of hydrogen-bond acceptors (Lipinski definition) is 4. The number of nitrogens with one attached hydrogen (secondary N) is 1. The normalized spacial score (nSPS) is 10.6. The summed E-state index contributed by atoms with van der Waals surface area (Å²) in [4.78, 5) is 24.3. The van der Waals surface area contributed by atoms with Crippen LogP contribution in [0, 0.1) is 0 Å². The minimum absolute atomic E-state index is 0.0700. The average Bonchev–Trinajstić information content (AvgIpc) is 2.82. The molecule has 0 aliphatic rings. The van der Waals surface area contributed by atoms with Gasteiger partial charge in [-0.3, -0.25) is 9.59 Å². The summed E-state index contributed by atoms with van der Waals surface area (Å²) < 4.78 is 10.6. The second-order valence-electron chi connectivity index (χ2n) is 6.87. The van der Waals surface area contributed by atoms with Gasteiger partial charge in [0, 0.05) is 12.1 Å². The van der Waals surface area contributed by atoms with Crippen molar-refractivity contribution in [2.75, 3.05) is 20.3 Å². The number of rotatable bonds is 10. The van der Waals surface area contributed by atoms with Gasteiger partial charge in [-0.05, 0) is 60.0 Å². The van der Waals surface area contributed by atoms with E-state index in [9.17, 15) is 9.59 Å². The van der Waals surface area contributed by atoms with Crippen LogP contribution in [-0.4, -0.2) is 32.0 Å². The Morgan fingerprint density at radius 1 is 0.871 bits per heavy atom. The maximum Gasteiger partial charge on any atom is 0.257 e. The number of carbonyl (C=O) groups is 2. The Balaban J connectivity index is 1.43. The molecular formula is C26H25NO4. The Morgan fingerprint density at radius 3 is 2.23 bits per heavy atom.